The third-order valence-corrected chi connectivity index (χ3v) is 2.45. The monoisotopic (exact) mass is 153 g/mol. The van der Waals surface area contributed by atoms with Crippen molar-refractivity contribution in [3.8, 4) is 0 Å². The van der Waals surface area contributed by atoms with Gasteiger partial charge in [0.15, 0.2) is 0 Å². The molecule has 0 aromatic carbocycles. The first-order valence-electron chi connectivity index (χ1n) is 4.61. The van der Waals surface area contributed by atoms with E-state index in [2.05, 4.69) is 37.8 Å². The van der Waals surface area contributed by atoms with E-state index in [1.54, 1.807) is 0 Å². The van der Waals surface area contributed by atoms with Crippen LogP contribution in [0.5, 0.6) is 0 Å². The molecule has 0 amide bonds. The average Bonchev–Trinajstić information content (AvgIpc) is 2.37. The molecule has 1 unspecified atom stereocenters. The van der Waals surface area contributed by atoms with Crippen LogP contribution in [0.3, 0.4) is 0 Å². The lowest BCUT2D eigenvalue weighted by Gasteiger charge is -2.19. The largest absolute Gasteiger partial charge is 0.300 e. The fourth-order valence-electron chi connectivity index (χ4n) is 1.71. The summed E-state index contributed by atoms with van der Waals surface area (Å²) < 4.78 is 0. The Balaban J connectivity index is 2.34. The summed E-state index contributed by atoms with van der Waals surface area (Å²) in [5.74, 6) is 0.822. The third-order valence-electron chi connectivity index (χ3n) is 2.45. The SMILES string of the molecule is C/C=C\C1CCN(C(C)C)C1. The number of hydrogen-bond donors (Lipinski definition) is 0. The molecule has 1 aliphatic rings. The van der Waals surface area contributed by atoms with Crippen molar-refractivity contribution < 1.29 is 0 Å². The van der Waals surface area contributed by atoms with Crippen LogP contribution >= 0.6 is 0 Å². The average molecular weight is 153 g/mol. The molecule has 1 saturated heterocycles. The molecule has 1 nitrogen and oxygen atoms in total. The minimum Gasteiger partial charge on any atom is -0.300 e. The van der Waals surface area contributed by atoms with Crippen molar-refractivity contribution in [1.82, 2.24) is 4.90 Å². The van der Waals surface area contributed by atoms with Crippen molar-refractivity contribution in [3.63, 3.8) is 0 Å². The summed E-state index contributed by atoms with van der Waals surface area (Å²) in [5, 5.41) is 0. The number of rotatable bonds is 2. The van der Waals surface area contributed by atoms with E-state index in [-0.39, 0.29) is 0 Å². The highest BCUT2D eigenvalue weighted by Crippen LogP contribution is 2.19. The van der Waals surface area contributed by atoms with E-state index < -0.39 is 0 Å². The summed E-state index contributed by atoms with van der Waals surface area (Å²) in [5.41, 5.74) is 0. The Kier molecular flexibility index (Phi) is 3.13. The highest BCUT2D eigenvalue weighted by atomic mass is 15.2. The molecular formula is C10H19N. The second kappa shape index (κ2) is 3.91. The van der Waals surface area contributed by atoms with Crippen molar-refractivity contribution >= 4 is 0 Å². The lowest BCUT2D eigenvalue weighted by atomic mass is 10.1. The second-order valence-corrected chi connectivity index (χ2v) is 3.66. The fourth-order valence-corrected chi connectivity index (χ4v) is 1.71. The number of nitrogens with zero attached hydrogens (tertiary/aromatic N) is 1. The van der Waals surface area contributed by atoms with Gasteiger partial charge >= 0.3 is 0 Å². The summed E-state index contributed by atoms with van der Waals surface area (Å²) in [6, 6.07) is 0.727. The van der Waals surface area contributed by atoms with Gasteiger partial charge in [0.2, 0.25) is 0 Å². The van der Waals surface area contributed by atoms with Crippen LogP contribution in [-0.4, -0.2) is 24.0 Å². The van der Waals surface area contributed by atoms with Crippen molar-refractivity contribution in [2.75, 3.05) is 13.1 Å². The molecule has 0 aliphatic carbocycles. The van der Waals surface area contributed by atoms with Gasteiger partial charge in [0.1, 0.15) is 0 Å². The first-order valence-corrected chi connectivity index (χ1v) is 4.61. The Labute approximate surface area is 70.1 Å². The standard InChI is InChI=1S/C10H19N/c1-4-5-10-6-7-11(8-10)9(2)3/h4-5,9-10H,6-8H2,1-3H3/b5-4-. The van der Waals surface area contributed by atoms with E-state index in [1.807, 2.05) is 0 Å². The predicted octanol–water partition coefficient (Wildman–Crippen LogP) is 2.29. The lowest BCUT2D eigenvalue weighted by molar-refractivity contribution is 0.270. The molecular weight excluding hydrogens is 134 g/mol. The fraction of sp³-hybridized carbons (Fsp3) is 0.800. The second-order valence-electron chi connectivity index (χ2n) is 3.66. The van der Waals surface area contributed by atoms with E-state index >= 15 is 0 Å². The summed E-state index contributed by atoms with van der Waals surface area (Å²) in [4.78, 5) is 2.55. The highest BCUT2D eigenvalue weighted by molar-refractivity contribution is 4.92. The maximum absolute atomic E-state index is 2.55. The maximum Gasteiger partial charge on any atom is 0.00475 e. The van der Waals surface area contributed by atoms with Crippen LogP contribution < -0.4 is 0 Å². The molecule has 1 atom stereocenters. The Morgan fingerprint density at radius 1 is 1.45 bits per heavy atom. The first-order chi connectivity index (χ1) is 5.24. The molecule has 0 bridgehead atoms. The van der Waals surface area contributed by atoms with Crippen LogP contribution in [0.4, 0.5) is 0 Å². The van der Waals surface area contributed by atoms with E-state index in [0.29, 0.717) is 0 Å². The van der Waals surface area contributed by atoms with Gasteiger partial charge in [-0.25, -0.2) is 0 Å². The lowest BCUT2D eigenvalue weighted by Crippen LogP contribution is -2.27. The predicted molar refractivity (Wildman–Crippen MR) is 49.6 cm³/mol. The molecule has 0 aromatic rings. The minimum absolute atomic E-state index is 0.727. The number of allylic oxidation sites excluding steroid dienone is 1. The molecule has 11 heavy (non-hydrogen) atoms. The van der Waals surface area contributed by atoms with Gasteiger partial charge in [-0.15, -0.1) is 0 Å². The van der Waals surface area contributed by atoms with Gasteiger partial charge in [-0.3, -0.25) is 0 Å². The Bertz CT molecular complexity index is 138. The van der Waals surface area contributed by atoms with Crippen molar-refractivity contribution in [2.45, 2.75) is 33.2 Å². The van der Waals surface area contributed by atoms with Gasteiger partial charge < -0.3 is 4.90 Å². The van der Waals surface area contributed by atoms with Crippen molar-refractivity contribution in [1.29, 1.82) is 0 Å². The molecule has 0 spiro atoms. The van der Waals surface area contributed by atoms with Gasteiger partial charge in [-0.2, -0.15) is 0 Å². The van der Waals surface area contributed by atoms with Gasteiger partial charge in [0.25, 0.3) is 0 Å². The molecule has 1 heteroatoms. The van der Waals surface area contributed by atoms with Crippen LogP contribution in [0.2, 0.25) is 0 Å². The Morgan fingerprint density at radius 2 is 2.18 bits per heavy atom. The molecule has 0 aromatic heterocycles. The van der Waals surface area contributed by atoms with Crippen LogP contribution in [0, 0.1) is 5.92 Å². The summed E-state index contributed by atoms with van der Waals surface area (Å²) >= 11 is 0. The molecule has 0 radical (unpaired) electrons. The summed E-state index contributed by atoms with van der Waals surface area (Å²) in [7, 11) is 0. The van der Waals surface area contributed by atoms with Crippen molar-refractivity contribution in [3.05, 3.63) is 12.2 Å². The molecule has 1 heterocycles. The number of likely N-dealkylation sites (tertiary alicyclic amines) is 1. The first kappa shape index (κ1) is 8.79. The zero-order valence-electron chi connectivity index (χ0n) is 7.88. The normalized spacial score (nSPS) is 27.5. The van der Waals surface area contributed by atoms with Crippen LogP contribution in [0.1, 0.15) is 27.2 Å². The topological polar surface area (TPSA) is 3.24 Å². The van der Waals surface area contributed by atoms with Crippen molar-refractivity contribution in [2.24, 2.45) is 5.92 Å². The molecule has 64 valence electrons. The highest BCUT2D eigenvalue weighted by Gasteiger charge is 2.21. The molecule has 1 fully saturated rings. The zero-order valence-corrected chi connectivity index (χ0v) is 7.88. The third kappa shape index (κ3) is 2.33. The van der Waals surface area contributed by atoms with Gasteiger partial charge in [-0.05, 0) is 39.7 Å². The van der Waals surface area contributed by atoms with Crippen LogP contribution in [-0.2, 0) is 0 Å². The molecule has 0 N–H and O–H groups in total. The molecule has 1 aliphatic heterocycles. The quantitative estimate of drug-likeness (QED) is 0.550. The minimum atomic E-state index is 0.727. The number of hydrogen-bond acceptors (Lipinski definition) is 1. The van der Waals surface area contributed by atoms with Gasteiger partial charge in [0.05, 0.1) is 0 Å². The van der Waals surface area contributed by atoms with E-state index in [9.17, 15) is 0 Å². The maximum atomic E-state index is 2.55. The smallest absolute Gasteiger partial charge is 0.00475 e. The van der Waals surface area contributed by atoms with Gasteiger partial charge in [-0.1, -0.05) is 12.2 Å². The summed E-state index contributed by atoms with van der Waals surface area (Å²) in [6.45, 7) is 9.21. The van der Waals surface area contributed by atoms with Gasteiger partial charge in [0, 0.05) is 12.6 Å². The van der Waals surface area contributed by atoms with E-state index in [4.69, 9.17) is 0 Å². The Hall–Kier alpha value is -0.300. The van der Waals surface area contributed by atoms with Crippen LogP contribution in [0.25, 0.3) is 0 Å². The molecule has 1 rings (SSSR count). The van der Waals surface area contributed by atoms with E-state index in [1.165, 1.54) is 19.5 Å². The Morgan fingerprint density at radius 3 is 2.64 bits per heavy atom. The summed E-state index contributed by atoms with van der Waals surface area (Å²) in [6.07, 6.45) is 5.86. The van der Waals surface area contributed by atoms with E-state index in [0.717, 1.165) is 12.0 Å². The van der Waals surface area contributed by atoms with Crippen LogP contribution in [0.15, 0.2) is 12.2 Å². The molecule has 0 saturated carbocycles. The zero-order chi connectivity index (χ0) is 8.27.